The number of guanidine groups is 1. The molecule has 0 aliphatic heterocycles. The number of aliphatic imine (C=N–C) groups is 1. The molecule has 0 atom stereocenters. The van der Waals surface area contributed by atoms with E-state index in [1.165, 1.54) is 6.07 Å². The van der Waals surface area contributed by atoms with Crippen LogP contribution >= 0.6 is 24.0 Å². The first kappa shape index (κ1) is 16.8. The SMILES string of the molecule is C#CCNC(=NC)NCC1(c2ccccc2F)CC1.I. The molecule has 3 nitrogen and oxygen atoms in total. The van der Waals surface area contributed by atoms with Crippen LogP contribution in [0, 0.1) is 18.2 Å². The summed E-state index contributed by atoms with van der Waals surface area (Å²) in [5.74, 6) is 3.02. The summed E-state index contributed by atoms with van der Waals surface area (Å²) < 4.78 is 13.8. The van der Waals surface area contributed by atoms with Gasteiger partial charge in [-0.2, -0.15) is 0 Å². The van der Waals surface area contributed by atoms with Gasteiger partial charge in [0.15, 0.2) is 5.96 Å². The van der Waals surface area contributed by atoms with Gasteiger partial charge in [-0.1, -0.05) is 24.1 Å². The van der Waals surface area contributed by atoms with Crippen molar-refractivity contribution in [2.45, 2.75) is 18.3 Å². The van der Waals surface area contributed by atoms with Gasteiger partial charge in [-0.05, 0) is 24.5 Å². The van der Waals surface area contributed by atoms with Crippen LogP contribution in [0.2, 0.25) is 0 Å². The second-order valence-electron chi connectivity index (χ2n) is 4.74. The predicted octanol–water partition coefficient (Wildman–Crippen LogP) is 2.27. The summed E-state index contributed by atoms with van der Waals surface area (Å²) >= 11 is 0. The van der Waals surface area contributed by atoms with E-state index in [0.29, 0.717) is 19.0 Å². The Bertz CT molecular complexity index is 518. The molecule has 1 aliphatic carbocycles. The number of hydrogen-bond donors (Lipinski definition) is 2. The highest BCUT2D eigenvalue weighted by Gasteiger charge is 2.45. The molecule has 0 bridgehead atoms. The van der Waals surface area contributed by atoms with Crippen molar-refractivity contribution in [3.63, 3.8) is 0 Å². The highest BCUT2D eigenvalue weighted by atomic mass is 127. The van der Waals surface area contributed by atoms with Gasteiger partial charge in [0.2, 0.25) is 0 Å². The lowest BCUT2D eigenvalue weighted by Crippen LogP contribution is -2.41. The van der Waals surface area contributed by atoms with Gasteiger partial charge in [0.25, 0.3) is 0 Å². The Balaban J connectivity index is 0.00000200. The van der Waals surface area contributed by atoms with Crippen LogP contribution in [0.5, 0.6) is 0 Å². The zero-order chi connectivity index (χ0) is 13.7. The van der Waals surface area contributed by atoms with Gasteiger partial charge in [0.05, 0.1) is 6.54 Å². The first-order chi connectivity index (χ1) is 9.22. The smallest absolute Gasteiger partial charge is 0.191 e. The normalized spacial score (nSPS) is 15.8. The van der Waals surface area contributed by atoms with E-state index < -0.39 is 0 Å². The van der Waals surface area contributed by atoms with Gasteiger partial charge in [0, 0.05) is 19.0 Å². The van der Waals surface area contributed by atoms with E-state index >= 15 is 0 Å². The van der Waals surface area contributed by atoms with Gasteiger partial charge in [-0.3, -0.25) is 4.99 Å². The molecule has 1 aliphatic rings. The maximum Gasteiger partial charge on any atom is 0.191 e. The van der Waals surface area contributed by atoms with E-state index in [0.717, 1.165) is 18.4 Å². The number of halogens is 2. The second-order valence-corrected chi connectivity index (χ2v) is 4.74. The summed E-state index contributed by atoms with van der Waals surface area (Å²) in [5, 5.41) is 6.20. The lowest BCUT2D eigenvalue weighted by molar-refractivity contribution is 0.560. The van der Waals surface area contributed by atoms with E-state index in [4.69, 9.17) is 6.42 Å². The minimum absolute atomic E-state index is 0. The molecule has 0 aromatic heterocycles. The van der Waals surface area contributed by atoms with Crippen molar-refractivity contribution in [1.82, 2.24) is 10.6 Å². The Morgan fingerprint density at radius 3 is 2.65 bits per heavy atom. The molecular formula is C15H19FIN3. The van der Waals surface area contributed by atoms with E-state index in [9.17, 15) is 4.39 Å². The standard InChI is InChI=1S/C15H18FN3.HI/c1-3-10-18-14(17-2)19-11-15(8-9-15)12-6-4-5-7-13(12)16;/h1,4-7H,8-11H2,2H3,(H2,17,18,19);1H. The van der Waals surface area contributed by atoms with Crippen LogP contribution in [-0.4, -0.2) is 26.1 Å². The molecule has 5 heteroatoms. The molecule has 2 rings (SSSR count). The number of nitrogens with zero attached hydrogens (tertiary/aromatic N) is 1. The van der Waals surface area contributed by atoms with E-state index in [2.05, 4.69) is 21.5 Å². The van der Waals surface area contributed by atoms with Crippen molar-refractivity contribution in [2.75, 3.05) is 20.1 Å². The van der Waals surface area contributed by atoms with Gasteiger partial charge >= 0.3 is 0 Å². The molecule has 0 saturated heterocycles. The average Bonchev–Trinajstić information content (AvgIpc) is 3.20. The van der Waals surface area contributed by atoms with Crippen LogP contribution in [0.3, 0.4) is 0 Å². The highest BCUT2D eigenvalue weighted by Crippen LogP contribution is 2.48. The Kier molecular flexibility index (Phi) is 6.27. The number of nitrogens with one attached hydrogen (secondary N) is 2. The van der Waals surface area contributed by atoms with Gasteiger partial charge in [0.1, 0.15) is 5.82 Å². The fraction of sp³-hybridized carbons (Fsp3) is 0.400. The molecule has 1 aromatic rings. The minimum atomic E-state index is -0.131. The highest BCUT2D eigenvalue weighted by molar-refractivity contribution is 14.0. The van der Waals surface area contributed by atoms with Crippen LogP contribution < -0.4 is 10.6 Å². The molecule has 0 radical (unpaired) electrons. The molecule has 0 amide bonds. The Morgan fingerprint density at radius 1 is 1.40 bits per heavy atom. The molecular weight excluding hydrogens is 368 g/mol. The lowest BCUT2D eigenvalue weighted by Gasteiger charge is -2.19. The van der Waals surface area contributed by atoms with Crippen LogP contribution in [0.25, 0.3) is 0 Å². The van der Waals surface area contributed by atoms with Gasteiger partial charge < -0.3 is 10.6 Å². The van der Waals surface area contributed by atoms with Crippen molar-refractivity contribution >= 4 is 29.9 Å². The van der Waals surface area contributed by atoms with Crippen molar-refractivity contribution in [2.24, 2.45) is 4.99 Å². The van der Waals surface area contributed by atoms with Crippen LogP contribution in [0.1, 0.15) is 18.4 Å². The Labute approximate surface area is 136 Å². The summed E-state index contributed by atoms with van der Waals surface area (Å²) in [6, 6.07) is 6.97. The van der Waals surface area contributed by atoms with Crippen LogP contribution in [0.4, 0.5) is 4.39 Å². The maximum atomic E-state index is 13.8. The molecule has 1 aromatic carbocycles. The second kappa shape index (κ2) is 7.48. The molecule has 0 unspecified atom stereocenters. The summed E-state index contributed by atoms with van der Waals surface area (Å²) in [6.07, 6.45) is 7.18. The van der Waals surface area contributed by atoms with Crippen LogP contribution in [0.15, 0.2) is 29.3 Å². The maximum absolute atomic E-state index is 13.8. The zero-order valence-corrected chi connectivity index (χ0v) is 13.8. The quantitative estimate of drug-likeness (QED) is 0.360. The number of rotatable bonds is 4. The molecule has 0 heterocycles. The molecule has 2 N–H and O–H groups in total. The number of terminal acetylenes is 1. The predicted molar refractivity (Wildman–Crippen MR) is 90.9 cm³/mol. The third-order valence-electron chi connectivity index (χ3n) is 3.47. The molecule has 0 spiro atoms. The number of hydrogen-bond acceptors (Lipinski definition) is 1. The first-order valence-corrected chi connectivity index (χ1v) is 6.35. The summed E-state index contributed by atoms with van der Waals surface area (Å²) in [5.41, 5.74) is 0.689. The van der Waals surface area contributed by atoms with Crippen molar-refractivity contribution in [3.8, 4) is 12.3 Å². The first-order valence-electron chi connectivity index (χ1n) is 6.35. The minimum Gasteiger partial charge on any atom is -0.355 e. The lowest BCUT2D eigenvalue weighted by atomic mass is 9.95. The Hall–Kier alpha value is -1.29. The molecule has 1 fully saturated rings. The van der Waals surface area contributed by atoms with E-state index in [1.807, 2.05) is 12.1 Å². The summed E-state index contributed by atoms with van der Waals surface area (Å²) in [7, 11) is 1.69. The summed E-state index contributed by atoms with van der Waals surface area (Å²) in [6.45, 7) is 1.09. The average molecular weight is 387 g/mol. The Morgan fingerprint density at radius 2 is 2.10 bits per heavy atom. The van der Waals surface area contributed by atoms with E-state index in [-0.39, 0.29) is 35.2 Å². The van der Waals surface area contributed by atoms with Crippen molar-refractivity contribution in [3.05, 3.63) is 35.6 Å². The fourth-order valence-corrected chi connectivity index (χ4v) is 2.19. The van der Waals surface area contributed by atoms with Gasteiger partial charge in [-0.15, -0.1) is 30.4 Å². The topological polar surface area (TPSA) is 36.4 Å². The fourth-order valence-electron chi connectivity index (χ4n) is 2.19. The molecule has 1 saturated carbocycles. The van der Waals surface area contributed by atoms with Crippen LogP contribution in [-0.2, 0) is 5.41 Å². The largest absolute Gasteiger partial charge is 0.355 e. The third-order valence-corrected chi connectivity index (χ3v) is 3.47. The molecule has 20 heavy (non-hydrogen) atoms. The van der Waals surface area contributed by atoms with Crippen molar-refractivity contribution in [1.29, 1.82) is 0 Å². The van der Waals surface area contributed by atoms with Gasteiger partial charge in [-0.25, -0.2) is 4.39 Å². The van der Waals surface area contributed by atoms with E-state index in [1.54, 1.807) is 13.1 Å². The number of benzene rings is 1. The van der Waals surface area contributed by atoms with Crippen molar-refractivity contribution < 1.29 is 4.39 Å². The molecule has 108 valence electrons. The monoisotopic (exact) mass is 387 g/mol. The summed E-state index contributed by atoms with van der Waals surface area (Å²) in [4.78, 5) is 4.08. The zero-order valence-electron chi connectivity index (χ0n) is 11.4. The third kappa shape index (κ3) is 3.85.